The zero-order chi connectivity index (χ0) is 20.4. The predicted octanol–water partition coefficient (Wildman–Crippen LogP) is 5.11. The van der Waals surface area contributed by atoms with E-state index in [1.54, 1.807) is 4.90 Å². The zero-order valence-corrected chi connectivity index (χ0v) is 18.0. The van der Waals surface area contributed by atoms with Crippen LogP contribution in [-0.4, -0.2) is 33.4 Å². The second-order valence-electron chi connectivity index (χ2n) is 6.64. The van der Waals surface area contributed by atoms with Gasteiger partial charge in [0.2, 0.25) is 11.8 Å². The summed E-state index contributed by atoms with van der Waals surface area (Å²) in [6.45, 7) is 6.56. The van der Waals surface area contributed by atoms with Crippen LogP contribution in [0.25, 0.3) is 21.7 Å². The number of fused-ring (bicyclic) bond motifs is 1. The summed E-state index contributed by atoms with van der Waals surface area (Å²) in [5.74, 6) is 0.631. The maximum atomic E-state index is 12.8. The molecule has 0 aliphatic carbocycles. The number of anilines is 1. The Morgan fingerprint density at radius 2 is 1.90 bits per heavy atom. The van der Waals surface area contributed by atoms with E-state index in [2.05, 4.69) is 21.2 Å². The summed E-state index contributed by atoms with van der Waals surface area (Å²) < 4.78 is 6.82. The van der Waals surface area contributed by atoms with Crippen LogP contribution in [0.15, 0.2) is 52.1 Å². The third-order valence-electron chi connectivity index (χ3n) is 4.32. The number of para-hydroxylation sites is 1. The highest BCUT2D eigenvalue weighted by Gasteiger charge is 2.19. The van der Waals surface area contributed by atoms with Gasteiger partial charge in [0.25, 0.3) is 5.22 Å². The molecule has 4 aromatic rings. The molecule has 0 aliphatic heterocycles. The maximum Gasteiger partial charge on any atom is 0.277 e. The van der Waals surface area contributed by atoms with Crippen molar-refractivity contribution < 1.29 is 9.21 Å². The van der Waals surface area contributed by atoms with Gasteiger partial charge >= 0.3 is 0 Å². The first-order valence-electron chi connectivity index (χ1n) is 9.24. The zero-order valence-electron chi connectivity index (χ0n) is 16.4. The molecule has 29 heavy (non-hydrogen) atoms. The van der Waals surface area contributed by atoms with E-state index in [1.165, 1.54) is 23.1 Å². The molecule has 6 nitrogen and oxygen atoms in total. The second-order valence-corrected chi connectivity index (χ2v) is 8.58. The minimum absolute atomic E-state index is 0.0392. The van der Waals surface area contributed by atoms with Gasteiger partial charge in [0.05, 0.1) is 16.0 Å². The Balaban J connectivity index is 1.45. The molecule has 1 amide bonds. The molecule has 4 rings (SSSR count). The van der Waals surface area contributed by atoms with Gasteiger partial charge in [-0.3, -0.25) is 9.69 Å². The second kappa shape index (κ2) is 8.34. The van der Waals surface area contributed by atoms with E-state index in [0.717, 1.165) is 26.9 Å². The Bertz CT molecular complexity index is 1120. The molecule has 2 aromatic carbocycles. The average Bonchev–Trinajstić information content (AvgIpc) is 3.33. The van der Waals surface area contributed by atoms with Gasteiger partial charge in [-0.1, -0.05) is 52.4 Å². The van der Waals surface area contributed by atoms with Gasteiger partial charge in [-0.05, 0) is 45.0 Å². The summed E-state index contributed by atoms with van der Waals surface area (Å²) in [6.07, 6.45) is 0. The van der Waals surface area contributed by atoms with Crippen molar-refractivity contribution in [3.63, 3.8) is 0 Å². The van der Waals surface area contributed by atoms with Gasteiger partial charge in [-0.15, -0.1) is 10.2 Å². The molecule has 0 unspecified atom stereocenters. The molecule has 0 atom stereocenters. The Labute approximate surface area is 177 Å². The maximum absolute atomic E-state index is 12.8. The summed E-state index contributed by atoms with van der Waals surface area (Å²) in [4.78, 5) is 19.0. The SMILES string of the molecule is CCN(C(=O)CSc1nnc(-c2cc(C)cc(C)c2)o1)c1nc2ccccc2s1. The Kier molecular flexibility index (Phi) is 5.64. The lowest BCUT2D eigenvalue weighted by atomic mass is 10.1. The number of carbonyl (C=O) groups is 1. The van der Waals surface area contributed by atoms with Crippen LogP contribution in [0.4, 0.5) is 5.13 Å². The predicted molar refractivity (Wildman–Crippen MR) is 118 cm³/mol. The number of aromatic nitrogens is 3. The molecule has 2 heterocycles. The molecule has 148 valence electrons. The highest BCUT2D eigenvalue weighted by molar-refractivity contribution is 7.99. The molecule has 0 saturated heterocycles. The lowest BCUT2D eigenvalue weighted by molar-refractivity contribution is -0.116. The van der Waals surface area contributed by atoms with Crippen LogP contribution in [0.1, 0.15) is 18.1 Å². The number of nitrogens with zero attached hydrogens (tertiary/aromatic N) is 4. The fourth-order valence-corrected chi connectivity index (χ4v) is 4.76. The molecular formula is C21H20N4O2S2. The Morgan fingerprint density at radius 3 is 2.62 bits per heavy atom. The molecule has 0 saturated carbocycles. The van der Waals surface area contributed by atoms with Gasteiger partial charge in [0, 0.05) is 12.1 Å². The monoisotopic (exact) mass is 424 g/mol. The van der Waals surface area contributed by atoms with Crippen molar-refractivity contribution in [1.82, 2.24) is 15.2 Å². The first kappa shape index (κ1) is 19.6. The van der Waals surface area contributed by atoms with E-state index in [0.29, 0.717) is 22.8 Å². The van der Waals surface area contributed by atoms with Crippen LogP contribution in [0.3, 0.4) is 0 Å². The summed E-state index contributed by atoms with van der Waals surface area (Å²) >= 11 is 2.76. The number of benzene rings is 2. The smallest absolute Gasteiger partial charge is 0.277 e. The van der Waals surface area contributed by atoms with Crippen LogP contribution in [0.2, 0.25) is 0 Å². The van der Waals surface area contributed by atoms with Crippen LogP contribution < -0.4 is 4.90 Å². The van der Waals surface area contributed by atoms with Crippen molar-refractivity contribution in [2.45, 2.75) is 26.0 Å². The van der Waals surface area contributed by atoms with Crippen molar-refractivity contribution in [1.29, 1.82) is 0 Å². The number of hydrogen-bond donors (Lipinski definition) is 0. The highest BCUT2D eigenvalue weighted by atomic mass is 32.2. The van der Waals surface area contributed by atoms with Crippen LogP contribution in [-0.2, 0) is 4.79 Å². The molecule has 0 radical (unpaired) electrons. The number of carbonyl (C=O) groups excluding carboxylic acids is 1. The van der Waals surface area contributed by atoms with E-state index in [9.17, 15) is 4.79 Å². The summed E-state index contributed by atoms with van der Waals surface area (Å²) in [5, 5.41) is 9.30. The minimum atomic E-state index is -0.0392. The third kappa shape index (κ3) is 4.33. The molecule has 0 aliphatic rings. The fourth-order valence-electron chi connectivity index (χ4n) is 3.08. The Hall–Kier alpha value is -2.71. The molecule has 0 bridgehead atoms. The van der Waals surface area contributed by atoms with E-state index in [1.807, 2.05) is 57.2 Å². The van der Waals surface area contributed by atoms with Crippen LogP contribution in [0, 0.1) is 13.8 Å². The van der Waals surface area contributed by atoms with Crippen molar-refractivity contribution in [2.24, 2.45) is 0 Å². The highest BCUT2D eigenvalue weighted by Crippen LogP contribution is 2.30. The lowest BCUT2D eigenvalue weighted by Gasteiger charge is -2.16. The van der Waals surface area contributed by atoms with Crippen LogP contribution >= 0.6 is 23.1 Å². The van der Waals surface area contributed by atoms with Crippen LogP contribution in [0.5, 0.6) is 0 Å². The van der Waals surface area contributed by atoms with Crippen molar-refractivity contribution in [3.8, 4) is 11.5 Å². The van der Waals surface area contributed by atoms with Crippen molar-refractivity contribution in [2.75, 3.05) is 17.2 Å². The molecule has 8 heteroatoms. The average molecular weight is 425 g/mol. The topological polar surface area (TPSA) is 72.1 Å². The molecule has 0 fully saturated rings. The number of thioether (sulfide) groups is 1. The quantitative estimate of drug-likeness (QED) is 0.401. The van der Waals surface area contributed by atoms with Gasteiger partial charge in [0.1, 0.15) is 0 Å². The van der Waals surface area contributed by atoms with Gasteiger partial charge in [0.15, 0.2) is 5.13 Å². The number of thiazole rings is 1. The first-order chi connectivity index (χ1) is 14.0. The van der Waals surface area contributed by atoms with E-state index in [4.69, 9.17) is 4.42 Å². The first-order valence-corrected chi connectivity index (χ1v) is 11.0. The molecule has 0 N–H and O–H groups in total. The van der Waals surface area contributed by atoms with Gasteiger partial charge in [-0.2, -0.15) is 0 Å². The van der Waals surface area contributed by atoms with Gasteiger partial charge in [-0.25, -0.2) is 4.98 Å². The minimum Gasteiger partial charge on any atom is -0.411 e. The lowest BCUT2D eigenvalue weighted by Crippen LogP contribution is -2.32. The normalized spacial score (nSPS) is 11.1. The number of amides is 1. The van der Waals surface area contributed by atoms with E-state index >= 15 is 0 Å². The standard InChI is InChI=1S/C21H20N4O2S2/c1-4-25(20-22-16-7-5-6-8-17(16)29-20)18(26)12-28-21-24-23-19(27-21)15-10-13(2)9-14(3)11-15/h5-11H,4,12H2,1-3H3. The van der Waals surface area contributed by atoms with Crippen molar-refractivity contribution >= 4 is 44.4 Å². The summed E-state index contributed by atoms with van der Waals surface area (Å²) in [7, 11) is 0. The molecule has 2 aromatic heterocycles. The molecule has 0 spiro atoms. The molecular weight excluding hydrogens is 404 g/mol. The number of rotatable bonds is 6. The number of aryl methyl sites for hydroxylation is 2. The van der Waals surface area contributed by atoms with Gasteiger partial charge < -0.3 is 4.42 Å². The van der Waals surface area contributed by atoms with E-state index in [-0.39, 0.29) is 11.7 Å². The third-order valence-corrected chi connectivity index (χ3v) is 6.19. The Morgan fingerprint density at radius 1 is 1.14 bits per heavy atom. The summed E-state index contributed by atoms with van der Waals surface area (Å²) in [6, 6.07) is 14.0. The summed E-state index contributed by atoms with van der Waals surface area (Å²) in [5.41, 5.74) is 4.06. The number of hydrogen-bond acceptors (Lipinski definition) is 7. The van der Waals surface area contributed by atoms with Crippen molar-refractivity contribution in [3.05, 3.63) is 53.6 Å². The fraction of sp³-hybridized carbons (Fsp3) is 0.238. The van der Waals surface area contributed by atoms with E-state index < -0.39 is 0 Å². The largest absolute Gasteiger partial charge is 0.411 e.